The third-order valence-electron chi connectivity index (χ3n) is 5.71. The Morgan fingerprint density at radius 2 is 2.14 bits per heavy atom. The predicted molar refractivity (Wildman–Crippen MR) is 136 cm³/mol. The Kier molecular flexibility index (Phi) is 7.76. The molecule has 1 aliphatic heterocycles. The normalized spacial score (nSPS) is 14.0. The Labute approximate surface area is 207 Å². The molecule has 0 spiro atoms. The monoisotopic (exact) mass is 516 g/mol. The highest BCUT2D eigenvalue weighted by Crippen LogP contribution is 2.34. The first-order valence-corrected chi connectivity index (χ1v) is 13.6. The Morgan fingerprint density at radius 3 is 2.86 bits per heavy atom. The van der Waals surface area contributed by atoms with Crippen LogP contribution in [0.5, 0.6) is 5.75 Å². The number of thiazole rings is 1. The second-order valence-corrected chi connectivity index (χ2v) is 10.5. The molecule has 1 aliphatic rings. The summed E-state index contributed by atoms with van der Waals surface area (Å²) in [6, 6.07) is 8.79. The van der Waals surface area contributed by atoms with Gasteiger partial charge in [0.2, 0.25) is 5.91 Å². The third-order valence-corrected chi connectivity index (χ3v) is 7.71. The minimum atomic E-state index is -1.61. The summed E-state index contributed by atoms with van der Waals surface area (Å²) in [6.07, 6.45) is 2.00. The van der Waals surface area contributed by atoms with Crippen molar-refractivity contribution in [1.82, 2.24) is 9.88 Å². The van der Waals surface area contributed by atoms with E-state index in [0.717, 1.165) is 16.0 Å². The molecule has 0 bridgehead atoms. The van der Waals surface area contributed by atoms with Crippen LogP contribution in [0.3, 0.4) is 0 Å². The molecule has 3 aromatic rings. The molecule has 2 amide bonds. The first-order valence-electron chi connectivity index (χ1n) is 11.1. The van der Waals surface area contributed by atoms with Crippen LogP contribution in [0.25, 0.3) is 10.4 Å². The summed E-state index contributed by atoms with van der Waals surface area (Å²) in [5.41, 5.74) is 7.64. The van der Waals surface area contributed by atoms with Gasteiger partial charge in [-0.2, -0.15) is 0 Å². The van der Waals surface area contributed by atoms with Crippen LogP contribution in [-0.2, 0) is 17.8 Å². The van der Waals surface area contributed by atoms with Crippen LogP contribution < -0.4 is 21.1 Å². The van der Waals surface area contributed by atoms with Crippen molar-refractivity contribution in [2.24, 2.45) is 5.73 Å². The summed E-state index contributed by atoms with van der Waals surface area (Å²) in [6.45, 7) is 4.19. The maximum absolute atomic E-state index is 15.0. The molecule has 4 rings (SSSR count). The number of hydrogen-bond acceptors (Lipinski definition) is 7. The first-order chi connectivity index (χ1) is 16.8. The predicted octanol–water partition coefficient (Wildman–Crippen LogP) is 3.09. The standard InChI is InChI=1S/C24H26FN4O4PS/c1-3-16-17(5-7-19(22(16)25)34(2)32)23(31)29-8-9-33-18-6-4-14(10-15(18)13-29)20-12-27-24(35-20)28-21(30)11-26/h4-7,10,12,32H,3,8-9,11,13,26H2,1-2H3,(H,27,28,30). The molecule has 4 N–H and O–H groups in total. The summed E-state index contributed by atoms with van der Waals surface area (Å²) in [5, 5.41) is 3.34. The van der Waals surface area contributed by atoms with Gasteiger partial charge in [0.25, 0.3) is 5.91 Å². The highest BCUT2D eigenvalue weighted by molar-refractivity contribution is 7.59. The fourth-order valence-corrected chi connectivity index (χ4v) is 5.47. The molecular weight excluding hydrogens is 490 g/mol. The van der Waals surface area contributed by atoms with E-state index in [1.165, 1.54) is 17.4 Å². The van der Waals surface area contributed by atoms with E-state index in [0.29, 0.717) is 48.1 Å². The van der Waals surface area contributed by atoms with Crippen LogP contribution in [-0.4, -0.2) is 53.0 Å². The maximum Gasteiger partial charge on any atom is 0.254 e. The lowest BCUT2D eigenvalue weighted by atomic mass is 10.0. The van der Waals surface area contributed by atoms with Crippen molar-refractivity contribution >= 4 is 41.7 Å². The molecule has 0 saturated heterocycles. The van der Waals surface area contributed by atoms with Crippen LogP contribution in [0.1, 0.15) is 28.4 Å². The van der Waals surface area contributed by atoms with Gasteiger partial charge in [-0.3, -0.25) is 9.59 Å². The largest absolute Gasteiger partial charge is 0.491 e. The summed E-state index contributed by atoms with van der Waals surface area (Å²) >= 11 is 1.32. The molecule has 0 fully saturated rings. The second-order valence-electron chi connectivity index (χ2n) is 7.98. The zero-order chi connectivity index (χ0) is 25.1. The van der Waals surface area contributed by atoms with E-state index >= 15 is 0 Å². The van der Waals surface area contributed by atoms with Crippen LogP contribution in [0.2, 0.25) is 0 Å². The average Bonchev–Trinajstić information content (AvgIpc) is 3.20. The van der Waals surface area contributed by atoms with Gasteiger partial charge in [0.15, 0.2) is 5.13 Å². The van der Waals surface area contributed by atoms with Crippen molar-refractivity contribution in [1.29, 1.82) is 0 Å². The second kappa shape index (κ2) is 10.8. The van der Waals surface area contributed by atoms with Crippen LogP contribution >= 0.6 is 19.5 Å². The molecule has 8 nitrogen and oxygen atoms in total. The number of fused-ring (bicyclic) bond motifs is 1. The molecule has 2 heterocycles. The zero-order valence-electron chi connectivity index (χ0n) is 19.4. The van der Waals surface area contributed by atoms with Gasteiger partial charge in [-0.25, -0.2) is 9.37 Å². The topological polar surface area (TPSA) is 118 Å². The third kappa shape index (κ3) is 5.36. The number of hydrogen-bond donors (Lipinski definition) is 3. The van der Waals surface area contributed by atoms with Gasteiger partial charge in [-0.15, -0.1) is 0 Å². The molecule has 35 heavy (non-hydrogen) atoms. The van der Waals surface area contributed by atoms with Crippen molar-refractivity contribution < 1.29 is 23.6 Å². The van der Waals surface area contributed by atoms with Gasteiger partial charge in [-0.1, -0.05) is 18.3 Å². The van der Waals surface area contributed by atoms with E-state index < -0.39 is 14.0 Å². The van der Waals surface area contributed by atoms with E-state index in [2.05, 4.69) is 10.3 Å². The Bertz CT molecular complexity index is 1270. The Hall–Kier alpha value is -2.91. The summed E-state index contributed by atoms with van der Waals surface area (Å²) in [5.74, 6) is -0.428. The number of halogens is 1. The highest BCUT2D eigenvalue weighted by atomic mass is 32.1. The molecule has 2 aromatic carbocycles. The number of carbonyl (C=O) groups is 2. The molecule has 0 saturated carbocycles. The molecule has 0 aliphatic carbocycles. The number of carbonyl (C=O) groups excluding carboxylic acids is 2. The Balaban J connectivity index is 1.61. The highest BCUT2D eigenvalue weighted by Gasteiger charge is 2.26. The zero-order valence-corrected chi connectivity index (χ0v) is 21.1. The van der Waals surface area contributed by atoms with E-state index in [-0.39, 0.29) is 23.7 Å². The van der Waals surface area contributed by atoms with E-state index in [1.54, 1.807) is 30.8 Å². The lowest BCUT2D eigenvalue weighted by Gasteiger charge is -2.22. The van der Waals surface area contributed by atoms with Crippen molar-refractivity contribution in [2.75, 3.05) is 31.7 Å². The number of anilines is 1. The maximum atomic E-state index is 15.0. The van der Waals surface area contributed by atoms with Crippen molar-refractivity contribution in [3.05, 3.63) is 59.0 Å². The van der Waals surface area contributed by atoms with Crippen molar-refractivity contribution in [2.45, 2.75) is 19.9 Å². The van der Waals surface area contributed by atoms with Crippen molar-refractivity contribution in [3.8, 4) is 16.2 Å². The van der Waals surface area contributed by atoms with E-state index in [9.17, 15) is 18.9 Å². The van der Waals surface area contributed by atoms with Crippen LogP contribution in [0.15, 0.2) is 36.5 Å². The summed E-state index contributed by atoms with van der Waals surface area (Å²) < 4.78 is 20.9. The van der Waals surface area contributed by atoms with E-state index in [1.807, 2.05) is 18.2 Å². The molecule has 1 aromatic heterocycles. The number of rotatable bonds is 6. The lowest BCUT2D eigenvalue weighted by molar-refractivity contribution is -0.114. The number of nitrogens with two attached hydrogens (primary N) is 1. The van der Waals surface area contributed by atoms with Gasteiger partial charge in [0.05, 0.1) is 26.1 Å². The average molecular weight is 517 g/mol. The quantitative estimate of drug-likeness (QED) is 0.434. The fraction of sp³-hybridized carbons (Fsp3) is 0.292. The molecule has 184 valence electrons. The number of nitrogens with zero attached hydrogens (tertiary/aromatic N) is 2. The molecule has 1 atom stereocenters. The number of nitrogens with one attached hydrogen (secondary N) is 1. The summed E-state index contributed by atoms with van der Waals surface area (Å²) in [7, 11) is -1.61. The van der Waals surface area contributed by atoms with Gasteiger partial charge >= 0.3 is 0 Å². The molecule has 0 radical (unpaired) electrons. The first kappa shape index (κ1) is 25.2. The van der Waals surface area contributed by atoms with Crippen LogP contribution in [0.4, 0.5) is 9.52 Å². The number of ether oxygens (including phenoxy) is 1. The minimum Gasteiger partial charge on any atom is -0.491 e. The smallest absolute Gasteiger partial charge is 0.254 e. The SMILES string of the molecule is CCc1c(C(=O)N2CCOc3ccc(-c4cnc(NC(=O)CN)s4)cc3C2)ccc(P(C)O)c1F. The fourth-order valence-electron chi connectivity index (χ4n) is 3.93. The van der Waals surface area contributed by atoms with E-state index in [4.69, 9.17) is 10.5 Å². The molecule has 11 heteroatoms. The number of benzene rings is 2. The minimum absolute atomic E-state index is 0.124. The van der Waals surface area contributed by atoms with Gasteiger partial charge < -0.3 is 25.6 Å². The molecular formula is C24H26FN4O4PS. The van der Waals surface area contributed by atoms with Gasteiger partial charge in [-0.05, 0) is 49.0 Å². The summed E-state index contributed by atoms with van der Waals surface area (Å²) in [4.78, 5) is 41.6. The van der Waals surface area contributed by atoms with Gasteiger partial charge in [0.1, 0.15) is 18.2 Å². The number of amides is 2. The van der Waals surface area contributed by atoms with Crippen LogP contribution in [0, 0.1) is 5.82 Å². The van der Waals surface area contributed by atoms with Crippen molar-refractivity contribution in [3.63, 3.8) is 0 Å². The van der Waals surface area contributed by atoms with Gasteiger partial charge in [0, 0.05) is 34.7 Å². The molecule has 1 unspecified atom stereocenters. The lowest BCUT2D eigenvalue weighted by Crippen LogP contribution is -2.33. The Morgan fingerprint density at radius 1 is 1.34 bits per heavy atom. The number of aromatic nitrogens is 1.